The highest BCUT2D eigenvalue weighted by atomic mass is 32.2. The van der Waals surface area contributed by atoms with Crippen LogP contribution in [0, 0.1) is 11.6 Å². The van der Waals surface area contributed by atoms with Crippen LogP contribution in [0.3, 0.4) is 0 Å². The first-order chi connectivity index (χ1) is 10.7. The maximum absolute atomic E-state index is 13.1. The Labute approximate surface area is 133 Å². The van der Waals surface area contributed by atoms with Crippen molar-refractivity contribution >= 4 is 16.0 Å². The number of hydrogen-bond donors (Lipinski definition) is 1. The van der Waals surface area contributed by atoms with Crippen molar-refractivity contribution in [3.63, 3.8) is 0 Å². The van der Waals surface area contributed by atoms with E-state index in [-0.39, 0.29) is 12.1 Å². The zero-order valence-electron chi connectivity index (χ0n) is 12.6. The Morgan fingerprint density at radius 3 is 2.43 bits per heavy atom. The van der Waals surface area contributed by atoms with Gasteiger partial charge in [0.15, 0.2) is 0 Å². The highest BCUT2D eigenvalue weighted by molar-refractivity contribution is 7.88. The predicted molar refractivity (Wildman–Crippen MR) is 82.2 cm³/mol. The van der Waals surface area contributed by atoms with Gasteiger partial charge in [-0.1, -0.05) is 0 Å². The van der Waals surface area contributed by atoms with Gasteiger partial charge in [-0.05, 0) is 23.8 Å². The van der Waals surface area contributed by atoms with Crippen LogP contribution in [0.25, 0.3) is 0 Å². The molecular formula is C14H16F2N4O2S. The minimum absolute atomic E-state index is 0.0340. The quantitative estimate of drug-likeness (QED) is 0.860. The second-order valence-electron chi connectivity index (χ2n) is 5.10. The third-order valence-electron chi connectivity index (χ3n) is 2.85. The van der Waals surface area contributed by atoms with Crippen LogP contribution in [0.4, 0.5) is 14.7 Å². The number of sulfonamides is 1. The van der Waals surface area contributed by atoms with E-state index < -0.39 is 27.4 Å². The lowest BCUT2D eigenvalue weighted by Crippen LogP contribution is -2.25. The third kappa shape index (κ3) is 5.22. The summed E-state index contributed by atoms with van der Waals surface area (Å²) in [6.45, 7) is -0.0382. The molecule has 0 saturated heterocycles. The summed E-state index contributed by atoms with van der Waals surface area (Å²) < 4.78 is 52.6. The summed E-state index contributed by atoms with van der Waals surface area (Å²) in [6.07, 6.45) is 1.52. The Balaban J connectivity index is 2.05. The van der Waals surface area contributed by atoms with Gasteiger partial charge in [-0.2, -0.15) is 0 Å². The molecule has 0 saturated carbocycles. The second-order valence-corrected chi connectivity index (χ2v) is 6.91. The van der Waals surface area contributed by atoms with Gasteiger partial charge in [0, 0.05) is 26.4 Å². The minimum atomic E-state index is -3.76. The first-order valence-corrected chi connectivity index (χ1v) is 8.32. The SMILES string of the molecule is CN(C)c1nccc(CNS(=O)(=O)Cc2cc(F)cc(F)c2)n1. The van der Waals surface area contributed by atoms with Gasteiger partial charge in [0.25, 0.3) is 0 Å². The molecule has 2 rings (SSSR count). The fraction of sp³-hybridized carbons (Fsp3) is 0.286. The van der Waals surface area contributed by atoms with Gasteiger partial charge in [0.1, 0.15) is 11.6 Å². The number of anilines is 1. The number of rotatable bonds is 6. The summed E-state index contributed by atoms with van der Waals surface area (Å²) in [5.41, 5.74) is 0.518. The Kier molecular flexibility index (Phi) is 5.22. The van der Waals surface area contributed by atoms with Gasteiger partial charge < -0.3 is 4.90 Å². The molecular weight excluding hydrogens is 326 g/mol. The second kappa shape index (κ2) is 6.97. The maximum Gasteiger partial charge on any atom is 0.225 e. The number of nitrogens with one attached hydrogen (secondary N) is 1. The van der Waals surface area contributed by atoms with Crippen molar-refractivity contribution in [1.29, 1.82) is 0 Å². The molecule has 0 spiro atoms. The van der Waals surface area contributed by atoms with E-state index in [1.807, 2.05) is 0 Å². The smallest absolute Gasteiger partial charge is 0.225 e. The van der Waals surface area contributed by atoms with Crippen molar-refractivity contribution in [2.75, 3.05) is 19.0 Å². The van der Waals surface area contributed by atoms with E-state index in [2.05, 4.69) is 14.7 Å². The molecule has 1 N–H and O–H groups in total. The molecule has 0 radical (unpaired) electrons. The van der Waals surface area contributed by atoms with E-state index >= 15 is 0 Å². The fourth-order valence-electron chi connectivity index (χ4n) is 1.85. The van der Waals surface area contributed by atoms with Gasteiger partial charge in [0.05, 0.1) is 18.0 Å². The minimum Gasteiger partial charge on any atom is -0.347 e. The van der Waals surface area contributed by atoms with Crippen LogP contribution in [0.2, 0.25) is 0 Å². The molecule has 0 aliphatic heterocycles. The molecule has 1 aromatic carbocycles. The van der Waals surface area contributed by atoms with Gasteiger partial charge in [-0.3, -0.25) is 0 Å². The monoisotopic (exact) mass is 342 g/mol. The van der Waals surface area contributed by atoms with Crippen LogP contribution in [-0.4, -0.2) is 32.5 Å². The van der Waals surface area contributed by atoms with Gasteiger partial charge in [-0.25, -0.2) is 31.9 Å². The number of aromatic nitrogens is 2. The summed E-state index contributed by atoms with van der Waals surface area (Å²) in [7, 11) is -0.225. The molecule has 1 heterocycles. The van der Waals surface area contributed by atoms with Crippen LogP contribution in [-0.2, 0) is 22.3 Å². The van der Waals surface area contributed by atoms with Gasteiger partial charge in [-0.15, -0.1) is 0 Å². The summed E-state index contributed by atoms with van der Waals surface area (Å²) in [5, 5.41) is 0. The Bertz CT molecular complexity index is 777. The first kappa shape index (κ1) is 17.2. The van der Waals surface area contributed by atoms with E-state index in [1.165, 1.54) is 6.20 Å². The van der Waals surface area contributed by atoms with Crippen LogP contribution < -0.4 is 9.62 Å². The van der Waals surface area contributed by atoms with Gasteiger partial charge in [0.2, 0.25) is 16.0 Å². The lowest BCUT2D eigenvalue weighted by atomic mass is 10.2. The van der Waals surface area contributed by atoms with Crippen LogP contribution in [0.15, 0.2) is 30.5 Å². The summed E-state index contributed by atoms with van der Waals surface area (Å²) in [4.78, 5) is 9.89. The van der Waals surface area contributed by atoms with E-state index in [4.69, 9.17) is 0 Å². The maximum atomic E-state index is 13.1. The van der Waals surface area contributed by atoms with E-state index in [0.717, 1.165) is 12.1 Å². The molecule has 2 aromatic rings. The Morgan fingerprint density at radius 2 is 1.83 bits per heavy atom. The average Bonchev–Trinajstić information content (AvgIpc) is 2.44. The first-order valence-electron chi connectivity index (χ1n) is 6.67. The van der Waals surface area contributed by atoms with Crippen molar-refractivity contribution < 1.29 is 17.2 Å². The number of nitrogens with zero attached hydrogens (tertiary/aromatic N) is 3. The average molecular weight is 342 g/mol. The van der Waals surface area contributed by atoms with Crippen LogP contribution >= 0.6 is 0 Å². The number of halogens is 2. The molecule has 0 aliphatic carbocycles. The van der Waals surface area contributed by atoms with Gasteiger partial charge >= 0.3 is 0 Å². The van der Waals surface area contributed by atoms with Crippen molar-refractivity contribution in [3.05, 3.63) is 53.4 Å². The molecule has 124 valence electrons. The fourth-order valence-corrected chi connectivity index (χ4v) is 2.92. The molecule has 6 nitrogen and oxygen atoms in total. The van der Waals surface area contributed by atoms with E-state index in [9.17, 15) is 17.2 Å². The molecule has 23 heavy (non-hydrogen) atoms. The Morgan fingerprint density at radius 1 is 1.17 bits per heavy atom. The number of benzene rings is 1. The summed E-state index contributed by atoms with van der Waals surface area (Å²) in [6, 6.07) is 4.23. The Hall–Kier alpha value is -2.13. The van der Waals surface area contributed by atoms with Crippen molar-refractivity contribution in [2.45, 2.75) is 12.3 Å². The normalized spacial score (nSPS) is 11.5. The highest BCUT2D eigenvalue weighted by Gasteiger charge is 2.14. The topological polar surface area (TPSA) is 75.2 Å². The zero-order chi connectivity index (χ0) is 17.0. The predicted octanol–water partition coefficient (Wildman–Crippen LogP) is 1.44. The van der Waals surface area contributed by atoms with E-state index in [0.29, 0.717) is 17.7 Å². The summed E-state index contributed by atoms with van der Waals surface area (Å²) >= 11 is 0. The largest absolute Gasteiger partial charge is 0.347 e. The van der Waals surface area contributed by atoms with Crippen molar-refractivity contribution in [3.8, 4) is 0 Å². The van der Waals surface area contributed by atoms with Crippen molar-refractivity contribution in [1.82, 2.24) is 14.7 Å². The molecule has 9 heteroatoms. The lowest BCUT2D eigenvalue weighted by molar-refractivity contribution is 0.574. The molecule has 0 aliphatic rings. The standard InChI is InChI=1S/C14H16F2N4O2S/c1-20(2)14-17-4-3-13(19-14)8-18-23(21,22)9-10-5-11(15)7-12(16)6-10/h3-7,18H,8-9H2,1-2H3. The third-order valence-corrected chi connectivity index (χ3v) is 4.15. The molecule has 1 aromatic heterocycles. The number of hydrogen-bond acceptors (Lipinski definition) is 5. The molecule has 0 unspecified atom stereocenters. The molecule has 0 amide bonds. The van der Waals surface area contributed by atoms with Crippen LogP contribution in [0.5, 0.6) is 0 Å². The molecule has 0 bridgehead atoms. The van der Waals surface area contributed by atoms with E-state index in [1.54, 1.807) is 25.1 Å². The van der Waals surface area contributed by atoms with Crippen LogP contribution in [0.1, 0.15) is 11.3 Å². The highest BCUT2D eigenvalue weighted by Crippen LogP contribution is 2.11. The van der Waals surface area contributed by atoms with Crippen molar-refractivity contribution in [2.24, 2.45) is 0 Å². The summed E-state index contributed by atoms with van der Waals surface area (Å²) in [5.74, 6) is -1.70. The lowest BCUT2D eigenvalue weighted by Gasteiger charge is -2.11. The molecule has 0 fully saturated rings. The zero-order valence-corrected chi connectivity index (χ0v) is 13.4. The molecule has 0 atom stereocenters.